The number of fused-ring (bicyclic) bond motifs is 1. The van der Waals surface area contributed by atoms with Gasteiger partial charge in [0, 0.05) is 33.1 Å². The van der Waals surface area contributed by atoms with Gasteiger partial charge in [-0.1, -0.05) is 48.5 Å². The van der Waals surface area contributed by atoms with Crippen molar-refractivity contribution in [3.05, 3.63) is 101 Å². The summed E-state index contributed by atoms with van der Waals surface area (Å²) in [7, 11) is 1.59. The number of benzene rings is 3. The Balaban J connectivity index is 1.33. The molecule has 1 N–H and O–H groups in total. The molecule has 2 heterocycles. The van der Waals surface area contributed by atoms with Crippen LogP contribution in [0.25, 0.3) is 0 Å². The highest BCUT2D eigenvalue weighted by molar-refractivity contribution is 5.97. The van der Waals surface area contributed by atoms with Crippen molar-refractivity contribution in [3.8, 4) is 5.75 Å². The number of likely N-dealkylation sites (tertiary alicyclic amines) is 1. The van der Waals surface area contributed by atoms with Gasteiger partial charge in [-0.15, -0.1) is 0 Å². The number of para-hydroxylation sites is 1. The number of ether oxygens (including phenoxy) is 1. The number of carbonyl (C=O) groups is 2. The molecule has 1 atom stereocenters. The minimum Gasteiger partial charge on any atom is -0.496 e. The molecular formula is C32H36FN3O3. The maximum absolute atomic E-state index is 14.1. The molecule has 3 aromatic carbocycles. The second-order valence-electron chi connectivity index (χ2n) is 10.6. The lowest BCUT2D eigenvalue weighted by Crippen LogP contribution is -2.53. The van der Waals surface area contributed by atoms with Crippen molar-refractivity contribution in [2.24, 2.45) is 0 Å². The number of nitrogens with one attached hydrogen (secondary N) is 1. The summed E-state index contributed by atoms with van der Waals surface area (Å²) < 4.78 is 19.6. The SMILES string of the molecule is COc1ccccc1C(=O)N1CCc2ccccc2C1CCN1CCC(NC(C)=O)(c2cccc(F)c2)CC1. The summed E-state index contributed by atoms with van der Waals surface area (Å²) in [5, 5.41) is 3.13. The molecule has 39 heavy (non-hydrogen) atoms. The molecule has 1 saturated heterocycles. The summed E-state index contributed by atoms with van der Waals surface area (Å²) in [5.74, 6) is 0.164. The first-order valence-corrected chi connectivity index (χ1v) is 13.7. The molecule has 2 aliphatic rings. The zero-order valence-electron chi connectivity index (χ0n) is 22.7. The number of amides is 2. The average molecular weight is 530 g/mol. The fourth-order valence-electron chi connectivity index (χ4n) is 6.25. The van der Waals surface area contributed by atoms with Crippen LogP contribution in [0.5, 0.6) is 5.75 Å². The number of nitrogens with zero attached hydrogens (tertiary/aromatic N) is 2. The topological polar surface area (TPSA) is 61.9 Å². The highest BCUT2D eigenvalue weighted by Gasteiger charge is 2.38. The first-order valence-electron chi connectivity index (χ1n) is 13.7. The molecule has 3 aromatic rings. The monoisotopic (exact) mass is 529 g/mol. The number of hydrogen-bond donors (Lipinski definition) is 1. The van der Waals surface area contributed by atoms with Crippen LogP contribution in [0, 0.1) is 5.82 Å². The Morgan fingerprint density at radius 1 is 1.00 bits per heavy atom. The van der Waals surface area contributed by atoms with Crippen molar-refractivity contribution in [2.75, 3.05) is 33.3 Å². The number of carbonyl (C=O) groups excluding carboxylic acids is 2. The van der Waals surface area contributed by atoms with E-state index in [2.05, 4.69) is 28.4 Å². The van der Waals surface area contributed by atoms with Gasteiger partial charge >= 0.3 is 0 Å². The lowest BCUT2D eigenvalue weighted by molar-refractivity contribution is -0.121. The van der Waals surface area contributed by atoms with Crippen LogP contribution in [0.3, 0.4) is 0 Å². The summed E-state index contributed by atoms with van der Waals surface area (Å²) in [6.45, 7) is 4.52. The molecule has 0 aromatic heterocycles. The molecule has 0 spiro atoms. The van der Waals surface area contributed by atoms with E-state index in [0.717, 1.165) is 38.0 Å². The number of methoxy groups -OCH3 is 1. The number of hydrogen-bond acceptors (Lipinski definition) is 4. The largest absolute Gasteiger partial charge is 0.496 e. The van der Waals surface area contributed by atoms with E-state index in [1.54, 1.807) is 13.2 Å². The van der Waals surface area contributed by atoms with Crippen LogP contribution >= 0.6 is 0 Å². The fourth-order valence-corrected chi connectivity index (χ4v) is 6.25. The smallest absolute Gasteiger partial charge is 0.258 e. The Hall–Kier alpha value is -3.71. The molecule has 7 heteroatoms. The normalized spacial score (nSPS) is 18.7. The Labute approximate surface area is 229 Å². The Kier molecular flexibility index (Phi) is 7.98. The zero-order valence-corrected chi connectivity index (χ0v) is 22.7. The molecule has 2 amide bonds. The molecule has 1 fully saturated rings. The minimum atomic E-state index is -0.576. The molecule has 204 valence electrons. The Morgan fingerprint density at radius 3 is 2.49 bits per heavy atom. The van der Waals surface area contributed by atoms with Gasteiger partial charge < -0.3 is 19.9 Å². The van der Waals surface area contributed by atoms with E-state index in [4.69, 9.17) is 4.74 Å². The van der Waals surface area contributed by atoms with Crippen molar-refractivity contribution in [2.45, 2.75) is 44.2 Å². The van der Waals surface area contributed by atoms with Crippen molar-refractivity contribution in [1.29, 1.82) is 0 Å². The third-order valence-corrected chi connectivity index (χ3v) is 8.23. The summed E-state index contributed by atoms with van der Waals surface area (Å²) >= 11 is 0. The van der Waals surface area contributed by atoms with Crippen molar-refractivity contribution in [3.63, 3.8) is 0 Å². The van der Waals surface area contributed by atoms with E-state index in [0.29, 0.717) is 30.7 Å². The van der Waals surface area contributed by atoms with Crippen molar-refractivity contribution < 1.29 is 18.7 Å². The molecule has 0 radical (unpaired) electrons. The van der Waals surface area contributed by atoms with E-state index in [1.165, 1.54) is 30.2 Å². The highest BCUT2D eigenvalue weighted by atomic mass is 19.1. The first-order chi connectivity index (χ1) is 18.9. The lowest BCUT2D eigenvalue weighted by atomic mass is 9.80. The summed E-state index contributed by atoms with van der Waals surface area (Å²) in [4.78, 5) is 30.3. The Morgan fingerprint density at radius 2 is 1.74 bits per heavy atom. The van der Waals surface area contributed by atoms with Gasteiger partial charge in [0.25, 0.3) is 5.91 Å². The van der Waals surface area contributed by atoms with Crippen LogP contribution in [0.4, 0.5) is 4.39 Å². The van der Waals surface area contributed by atoms with E-state index in [-0.39, 0.29) is 23.7 Å². The predicted molar refractivity (Wildman–Crippen MR) is 149 cm³/mol. The van der Waals surface area contributed by atoms with Crippen LogP contribution in [0.15, 0.2) is 72.8 Å². The lowest BCUT2D eigenvalue weighted by Gasteiger charge is -2.44. The maximum Gasteiger partial charge on any atom is 0.258 e. The molecule has 6 nitrogen and oxygen atoms in total. The maximum atomic E-state index is 14.1. The van der Waals surface area contributed by atoms with E-state index in [9.17, 15) is 14.0 Å². The zero-order chi connectivity index (χ0) is 27.4. The molecular weight excluding hydrogens is 493 g/mol. The summed E-state index contributed by atoms with van der Waals surface area (Å²) in [5.41, 5.74) is 3.32. The van der Waals surface area contributed by atoms with Crippen LogP contribution in [0.2, 0.25) is 0 Å². The van der Waals surface area contributed by atoms with Crippen LogP contribution in [0.1, 0.15) is 59.3 Å². The van der Waals surface area contributed by atoms with Crippen LogP contribution in [-0.2, 0) is 16.8 Å². The minimum absolute atomic E-state index is 0.0126. The third-order valence-electron chi connectivity index (χ3n) is 8.23. The summed E-state index contributed by atoms with van der Waals surface area (Å²) in [6.07, 6.45) is 3.01. The number of rotatable bonds is 7. The van der Waals surface area contributed by atoms with Gasteiger partial charge in [-0.2, -0.15) is 0 Å². The van der Waals surface area contributed by atoms with Gasteiger partial charge in [-0.25, -0.2) is 4.39 Å². The highest BCUT2D eigenvalue weighted by Crippen LogP contribution is 2.37. The van der Waals surface area contributed by atoms with Crippen LogP contribution < -0.4 is 10.1 Å². The number of piperidine rings is 1. The fraction of sp³-hybridized carbons (Fsp3) is 0.375. The second kappa shape index (κ2) is 11.6. The Bertz CT molecular complexity index is 1340. The third kappa shape index (κ3) is 5.69. The van der Waals surface area contributed by atoms with Gasteiger partial charge in [-0.05, 0) is 66.6 Å². The predicted octanol–water partition coefficient (Wildman–Crippen LogP) is 5.09. The van der Waals surface area contributed by atoms with Gasteiger partial charge in [0.1, 0.15) is 11.6 Å². The molecule has 1 unspecified atom stereocenters. The van der Waals surface area contributed by atoms with E-state index >= 15 is 0 Å². The van der Waals surface area contributed by atoms with Crippen molar-refractivity contribution in [1.82, 2.24) is 15.1 Å². The first kappa shape index (κ1) is 26.9. The quantitative estimate of drug-likeness (QED) is 0.463. The van der Waals surface area contributed by atoms with Gasteiger partial charge in [-0.3, -0.25) is 9.59 Å². The average Bonchev–Trinajstić information content (AvgIpc) is 2.96. The van der Waals surface area contributed by atoms with E-state index in [1.807, 2.05) is 41.3 Å². The van der Waals surface area contributed by atoms with Crippen molar-refractivity contribution >= 4 is 11.8 Å². The number of halogens is 1. The molecule has 0 bridgehead atoms. The molecule has 0 aliphatic carbocycles. The standard InChI is InChI=1S/C32H36FN3O3/c1-23(37)34-32(25-9-7-10-26(33)22-25)16-20-35(21-17-32)18-15-29-27-11-4-3-8-24(27)14-19-36(29)31(38)28-12-5-6-13-30(28)39-2/h3-13,22,29H,14-21H2,1-2H3,(H,34,37). The molecule has 2 aliphatic heterocycles. The summed E-state index contributed by atoms with van der Waals surface area (Å²) in [6, 6.07) is 22.3. The van der Waals surface area contributed by atoms with Gasteiger partial charge in [0.2, 0.25) is 5.91 Å². The van der Waals surface area contributed by atoms with Crippen LogP contribution in [-0.4, -0.2) is 54.9 Å². The molecule has 5 rings (SSSR count). The molecule has 0 saturated carbocycles. The van der Waals surface area contributed by atoms with Gasteiger partial charge in [0.05, 0.1) is 24.3 Å². The van der Waals surface area contributed by atoms with Gasteiger partial charge in [0.15, 0.2) is 0 Å². The van der Waals surface area contributed by atoms with E-state index < -0.39 is 5.54 Å². The second-order valence-corrected chi connectivity index (χ2v) is 10.6.